The lowest BCUT2D eigenvalue weighted by atomic mass is 9.99. The largest absolute Gasteiger partial charge is 0.352 e. The van der Waals surface area contributed by atoms with Gasteiger partial charge in [-0.15, -0.1) is 0 Å². The second-order valence-corrected chi connectivity index (χ2v) is 8.33. The van der Waals surface area contributed by atoms with E-state index in [4.69, 9.17) is 0 Å². The van der Waals surface area contributed by atoms with Gasteiger partial charge in [0, 0.05) is 45.0 Å². The predicted octanol–water partition coefficient (Wildman–Crippen LogP) is 3.13. The van der Waals surface area contributed by atoms with Crippen molar-refractivity contribution in [3.05, 3.63) is 52.3 Å². The van der Waals surface area contributed by atoms with Crippen molar-refractivity contribution < 1.29 is 0 Å². The molecule has 158 valence electrons. The molecule has 2 heterocycles. The van der Waals surface area contributed by atoms with Gasteiger partial charge >= 0.3 is 0 Å². The molecule has 0 radical (unpaired) electrons. The molecule has 0 unspecified atom stereocenters. The van der Waals surface area contributed by atoms with Gasteiger partial charge in [0.05, 0.1) is 5.69 Å². The normalized spacial score (nSPS) is 16.2. The fourth-order valence-electron chi connectivity index (χ4n) is 3.89. The van der Waals surface area contributed by atoms with Crippen LogP contribution < -0.4 is 10.6 Å². The Labute approximate surface area is 175 Å². The minimum Gasteiger partial charge on any atom is -0.352 e. The summed E-state index contributed by atoms with van der Waals surface area (Å²) in [5.41, 5.74) is 6.13. The van der Waals surface area contributed by atoms with Gasteiger partial charge in [-0.05, 0) is 56.8 Å². The number of piperidine rings is 1. The minimum atomic E-state index is 0.721. The molecule has 0 bridgehead atoms. The number of nitrogens with zero attached hydrogens (tertiary/aromatic N) is 4. The van der Waals surface area contributed by atoms with Gasteiger partial charge in [0.25, 0.3) is 0 Å². The van der Waals surface area contributed by atoms with E-state index in [0.29, 0.717) is 0 Å². The van der Waals surface area contributed by atoms with Crippen LogP contribution in [0, 0.1) is 19.8 Å². The third-order valence-corrected chi connectivity index (χ3v) is 6.08. The third-order valence-electron chi connectivity index (χ3n) is 6.08. The highest BCUT2D eigenvalue weighted by Crippen LogP contribution is 2.18. The Morgan fingerprint density at radius 2 is 1.69 bits per heavy atom. The molecule has 3 rings (SSSR count). The number of aliphatic imine (C=N–C) groups is 1. The first-order chi connectivity index (χ1) is 14.0. The molecule has 1 aliphatic rings. The van der Waals surface area contributed by atoms with Gasteiger partial charge in [-0.1, -0.05) is 31.2 Å². The van der Waals surface area contributed by atoms with Gasteiger partial charge in [0.15, 0.2) is 5.96 Å². The van der Waals surface area contributed by atoms with E-state index in [2.05, 4.69) is 63.7 Å². The van der Waals surface area contributed by atoms with Crippen LogP contribution in [0.25, 0.3) is 0 Å². The monoisotopic (exact) mass is 396 g/mol. The first kappa shape index (κ1) is 21.4. The van der Waals surface area contributed by atoms with Crippen LogP contribution in [0.15, 0.2) is 29.3 Å². The maximum Gasteiger partial charge on any atom is 0.191 e. The third kappa shape index (κ3) is 5.82. The number of nitrogens with one attached hydrogen (secondary N) is 2. The van der Waals surface area contributed by atoms with Gasteiger partial charge in [-0.25, -0.2) is 0 Å². The molecular weight excluding hydrogens is 360 g/mol. The molecule has 2 aromatic rings. The molecule has 0 atom stereocenters. The summed E-state index contributed by atoms with van der Waals surface area (Å²) in [6.45, 7) is 11.5. The maximum atomic E-state index is 4.47. The van der Waals surface area contributed by atoms with Gasteiger partial charge in [0.1, 0.15) is 0 Å². The van der Waals surface area contributed by atoms with E-state index in [-0.39, 0.29) is 0 Å². The van der Waals surface area contributed by atoms with E-state index in [0.717, 1.165) is 37.2 Å². The number of hydrogen-bond acceptors (Lipinski definition) is 3. The Balaban J connectivity index is 1.47. The van der Waals surface area contributed by atoms with Gasteiger partial charge < -0.3 is 10.6 Å². The standard InChI is InChI=1S/C23H36N6/c1-17-10-12-29(13-11-17)16-21-8-6-20(7-9-21)14-25-23(24-4)26-15-22-18(2)27-28(5)19(22)3/h6-9,17H,10-16H2,1-5H3,(H2,24,25,26). The van der Waals surface area contributed by atoms with Crippen molar-refractivity contribution in [2.24, 2.45) is 18.0 Å². The Bertz CT molecular complexity index is 813. The molecule has 0 spiro atoms. The highest BCUT2D eigenvalue weighted by atomic mass is 15.3. The zero-order valence-electron chi connectivity index (χ0n) is 18.6. The molecule has 1 aromatic heterocycles. The van der Waals surface area contributed by atoms with Crippen molar-refractivity contribution in [3.8, 4) is 0 Å². The van der Waals surface area contributed by atoms with Crippen molar-refractivity contribution in [2.45, 2.75) is 53.2 Å². The van der Waals surface area contributed by atoms with E-state index < -0.39 is 0 Å². The molecule has 6 nitrogen and oxygen atoms in total. The Hall–Kier alpha value is -2.34. The van der Waals surface area contributed by atoms with Crippen LogP contribution in [0.4, 0.5) is 0 Å². The summed E-state index contributed by atoms with van der Waals surface area (Å²) in [5.74, 6) is 1.69. The lowest BCUT2D eigenvalue weighted by Gasteiger charge is -2.30. The summed E-state index contributed by atoms with van der Waals surface area (Å²) in [7, 11) is 3.79. The highest BCUT2D eigenvalue weighted by Gasteiger charge is 2.15. The molecule has 1 fully saturated rings. The summed E-state index contributed by atoms with van der Waals surface area (Å²) in [5, 5.41) is 11.3. The van der Waals surface area contributed by atoms with Crippen LogP contribution in [0.3, 0.4) is 0 Å². The number of likely N-dealkylation sites (tertiary alicyclic amines) is 1. The minimum absolute atomic E-state index is 0.721. The quantitative estimate of drug-likeness (QED) is 0.582. The Morgan fingerprint density at radius 3 is 2.28 bits per heavy atom. The van der Waals surface area contributed by atoms with E-state index in [1.807, 2.05) is 18.7 Å². The molecule has 0 aliphatic carbocycles. The zero-order valence-corrected chi connectivity index (χ0v) is 18.6. The van der Waals surface area contributed by atoms with Gasteiger partial charge in [0.2, 0.25) is 0 Å². The first-order valence-corrected chi connectivity index (χ1v) is 10.7. The topological polar surface area (TPSA) is 57.5 Å². The lowest BCUT2D eigenvalue weighted by molar-refractivity contribution is 0.185. The number of rotatable bonds is 6. The molecule has 0 saturated carbocycles. The second-order valence-electron chi connectivity index (χ2n) is 8.33. The molecule has 29 heavy (non-hydrogen) atoms. The smallest absolute Gasteiger partial charge is 0.191 e. The van der Waals surface area contributed by atoms with Crippen LogP contribution in [0.2, 0.25) is 0 Å². The summed E-state index contributed by atoms with van der Waals surface area (Å²) in [4.78, 5) is 6.92. The number of benzene rings is 1. The van der Waals surface area contributed by atoms with Gasteiger partial charge in [-0.2, -0.15) is 5.10 Å². The van der Waals surface area contributed by atoms with Crippen LogP contribution in [-0.2, 0) is 26.7 Å². The number of hydrogen-bond donors (Lipinski definition) is 2. The molecule has 6 heteroatoms. The van der Waals surface area contributed by atoms with Crippen molar-refractivity contribution in [3.63, 3.8) is 0 Å². The summed E-state index contributed by atoms with van der Waals surface area (Å²) in [6, 6.07) is 8.95. The molecule has 0 amide bonds. The Morgan fingerprint density at radius 1 is 1.07 bits per heavy atom. The molecular formula is C23H36N6. The summed E-state index contributed by atoms with van der Waals surface area (Å²) in [6.07, 6.45) is 2.65. The molecule has 1 aromatic carbocycles. The highest BCUT2D eigenvalue weighted by molar-refractivity contribution is 5.79. The van der Waals surface area contributed by atoms with Crippen molar-refractivity contribution in [2.75, 3.05) is 20.1 Å². The molecule has 1 aliphatic heterocycles. The van der Waals surface area contributed by atoms with Crippen molar-refractivity contribution in [1.82, 2.24) is 25.3 Å². The van der Waals surface area contributed by atoms with Crippen LogP contribution in [-0.4, -0.2) is 40.8 Å². The van der Waals surface area contributed by atoms with E-state index >= 15 is 0 Å². The SMILES string of the molecule is CN=C(NCc1ccc(CN2CCC(C)CC2)cc1)NCc1c(C)nn(C)c1C. The lowest BCUT2D eigenvalue weighted by Crippen LogP contribution is -2.36. The zero-order chi connectivity index (χ0) is 20.8. The van der Waals surface area contributed by atoms with Crippen molar-refractivity contribution >= 4 is 5.96 Å². The first-order valence-electron chi connectivity index (χ1n) is 10.7. The van der Waals surface area contributed by atoms with Crippen molar-refractivity contribution in [1.29, 1.82) is 0 Å². The van der Waals surface area contributed by atoms with Crippen LogP contribution in [0.1, 0.15) is 47.8 Å². The number of aryl methyl sites for hydroxylation is 2. The van der Waals surface area contributed by atoms with E-state index in [9.17, 15) is 0 Å². The van der Waals surface area contributed by atoms with Crippen LogP contribution >= 0.6 is 0 Å². The number of aromatic nitrogens is 2. The summed E-state index contributed by atoms with van der Waals surface area (Å²) < 4.78 is 1.93. The molecule has 2 N–H and O–H groups in total. The van der Waals surface area contributed by atoms with E-state index in [1.54, 1.807) is 7.05 Å². The molecule has 1 saturated heterocycles. The van der Waals surface area contributed by atoms with Crippen LogP contribution in [0.5, 0.6) is 0 Å². The maximum absolute atomic E-state index is 4.47. The van der Waals surface area contributed by atoms with Gasteiger partial charge in [-0.3, -0.25) is 14.6 Å². The average molecular weight is 397 g/mol. The number of guanidine groups is 1. The predicted molar refractivity (Wildman–Crippen MR) is 120 cm³/mol. The van der Waals surface area contributed by atoms with E-state index in [1.165, 1.54) is 48.3 Å². The average Bonchev–Trinajstić information content (AvgIpc) is 2.96. The second kappa shape index (κ2) is 9.92. The Kier molecular flexibility index (Phi) is 7.31. The fraction of sp³-hybridized carbons (Fsp3) is 0.565. The summed E-state index contributed by atoms with van der Waals surface area (Å²) >= 11 is 0. The fourth-order valence-corrected chi connectivity index (χ4v) is 3.89.